The summed E-state index contributed by atoms with van der Waals surface area (Å²) in [7, 11) is 0. The lowest BCUT2D eigenvalue weighted by Gasteiger charge is -2.46. The quantitative estimate of drug-likeness (QED) is 0.461. The number of benzene rings is 1. The van der Waals surface area contributed by atoms with Gasteiger partial charge in [-0.25, -0.2) is 4.79 Å². The number of aryl methyl sites for hydroxylation is 1. The highest BCUT2D eigenvalue weighted by atomic mass is 16.4. The van der Waals surface area contributed by atoms with E-state index in [1.807, 2.05) is 20.8 Å². The molecule has 2 aliphatic rings. The van der Waals surface area contributed by atoms with E-state index in [-0.39, 0.29) is 6.61 Å². The van der Waals surface area contributed by atoms with Crippen LogP contribution in [0.25, 0.3) is 0 Å². The van der Waals surface area contributed by atoms with Crippen molar-refractivity contribution >= 4 is 6.09 Å². The molecule has 0 heterocycles. The predicted molar refractivity (Wildman–Crippen MR) is 127 cm³/mol. The van der Waals surface area contributed by atoms with Crippen molar-refractivity contribution in [3.63, 3.8) is 0 Å². The standard InChI is InChI=1S/C27H43NO3/c1-5-6-7-8-9-20-10-11-22-17-23(13-12-21(22)16-20)24-14-15-27(18-24,19-29)28(25(30)31)26(2,3)4/h12-13,17,20,24,29H,5-11,14-16,18-19H2,1-4H3,(H,30,31)/t20?,24-,27+/m0/s1. The Hall–Kier alpha value is -1.55. The second-order valence-electron chi connectivity index (χ2n) is 11.1. The number of unbranched alkanes of at least 4 members (excludes halogenated alkanes) is 3. The van der Waals surface area contributed by atoms with E-state index in [1.54, 1.807) is 0 Å². The highest BCUT2D eigenvalue weighted by molar-refractivity contribution is 5.67. The Labute approximate surface area is 189 Å². The zero-order valence-electron chi connectivity index (χ0n) is 20.1. The molecule has 1 aromatic carbocycles. The first-order valence-electron chi connectivity index (χ1n) is 12.5. The van der Waals surface area contributed by atoms with E-state index >= 15 is 0 Å². The molecule has 3 rings (SSSR count). The van der Waals surface area contributed by atoms with Gasteiger partial charge in [-0.05, 0) is 87.8 Å². The highest BCUT2D eigenvalue weighted by Gasteiger charge is 2.50. The van der Waals surface area contributed by atoms with Gasteiger partial charge >= 0.3 is 6.09 Å². The molecular weight excluding hydrogens is 386 g/mol. The summed E-state index contributed by atoms with van der Waals surface area (Å²) in [5.74, 6) is 1.15. The normalized spacial score (nSPS) is 26.0. The van der Waals surface area contributed by atoms with Crippen LogP contribution in [0.1, 0.15) is 108 Å². The molecular formula is C27H43NO3. The van der Waals surface area contributed by atoms with Crippen molar-refractivity contribution < 1.29 is 15.0 Å². The summed E-state index contributed by atoms with van der Waals surface area (Å²) in [6, 6.07) is 7.00. The second-order valence-corrected chi connectivity index (χ2v) is 11.1. The maximum absolute atomic E-state index is 12.1. The highest BCUT2D eigenvalue weighted by Crippen LogP contribution is 2.47. The minimum atomic E-state index is -0.933. The van der Waals surface area contributed by atoms with Crippen LogP contribution in [0.2, 0.25) is 0 Å². The summed E-state index contributed by atoms with van der Waals surface area (Å²) in [5, 5.41) is 20.2. The topological polar surface area (TPSA) is 60.8 Å². The molecule has 31 heavy (non-hydrogen) atoms. The molecule has 174 valence electrons. The smallest absolute Gasteiger partial charge is 0.408 e. The fraction of sp³-hybridized carbons (Fsp3) is 0.741. The molecule has 4 nitrogen and oxygen atoms in total. The summed E-state index contributed by atoms with van der Waals surface area (Å²) in [4.78, 5) is 13.6. The van der Waals surface area contributed by atoms with Gasteiger partial charge < -0.3 is 10.2 Å². The van der Waals surface area contributed by atoms with Crippen LogP contribution >= 0.6 is 0 Å². The molecule has 4 heteroatoms. The Balaban J connectivity index is 1.69. The van der Waals surface area contributed by atoms with E-state index in [0.717, 1.165) is 12.3 Å². The van der Waals surface area contributed by atoms with Crippen LogP contribution in [0, 0.1) is 5.92 Å². The van der Waals surface area contributed by atoms with Crippen molar-refractivity contribution in [2.75, 3.05) is 6.61 Å². The Bertz CT molecular complexity index is 753. The van der Waals surface area contributed by atoms with Crippen molar-refractivity contribution in [3.05, 3.63) is 34.9 Å². The molecule has 0 spiro atoms. The predicted octanol–water partition coefficient (Wildman–Crippen LogP) is 6.54. The van der Waals surface area contributed by atoms with Gasteiger partial charge in [0, 0.05) is 5.54 Å². The lowest BCUT2D eigenvalue weighted by Crippen LogP contribution is -2.60. The van der Waals surface area contributed by atoms with Crippen molar-refractivity contribution in [3.8, 4) is 0 Å². The summed E-state index contributed by atoms with van der Waals surface area (Å²) < 4.78 is 0. The van der Waals surface area contributed by atoms with Crippen LogP contribution in [0.3, 0.4) is 0 Å². The van der Waals surface area contributed by atoms with E-state index in [1.165, 1.54) is 73.0 Å². The number of aliphatic hydroxyl groups excluding tert-OH is 1. The van der Waals surface area contributed by atoms with Crippen molar-refractivity contribution in [2.45, 2.75) is 115 Å². The van der Waals surface area contributed by atoms with E-state index in [2.05, 4.69) is 25.1 Å². The van der Waals surface area contributed by atoms with Crippen molar-refractivity contribution in [1.82, 2.24) is 4.90 Å². The third-order valence-corrected chi connectivity index (χ3v) is 7.71. The number of rotatable bonds is 8. The molecule has 0 radical (unpaired) electrons. The van der Waals surface area contributed by atoms with Gasteiger partial charge in [-0.15, -0.1) is 0 Å². The number of nitrogens with zero attached hydrogens (tertiary/aromatic N) is 1. The Morgan fingerprint density at radius 1 is 1.16 bits per heavy atom. The Morgan fingerprint density at radius 3 is 2.58 bits per heavy atom. The molecule has 1 fully saturated rings. The van der Waals surface area contributed by atoms with E-state index in [9.17, 15) is 15.0 Å². The first-order valence-corrected chi connectivity index (χ1v) is 12.5. The average molecular weight is 430 g/mol. The van der Waals surface area contributed by atoms with Crippen molar-refractivity contribution in [2.24, 2.45) is 5.92 Å². The molecule has 1 saturated carbocycles. The van der Waals surface area contributed by atoms with E-state index in [4.69, 9.17) is 0 Å². The second kappa shape index (κ2) is 9.94. The number of hydrogen-bond donors (Lipinski definition) is 2. The Kier molecular flexibility index (Phi) is 7.72. The first kappa shape index (κ1) is 24.1. The summed E-state index contributed by atoms with van der Waals surface area (Å²) in [5.41, 5.74) is 3.12. The number of carboxylic acid groups (broad SMARTS) is 1. The van der Waals surface area contributed by atoms with Gasteiger partial charge in [-0.2, -0.15) is 0 Å². The van der Waals surface area contributed by atoms with E-state index in [0.29, 0.717) is 18.8 Å². The molecule has 1 aromatic rings. The molecule has 0 saturated heterocycles. The molecule has 3 atom stereocenters. The lowest BCUT2D eigenvalue weighted by molar-refractivity contribution is -0.0135. The third kappa shape index (κ3) is 5.45. The van der Waals surface area contributed by atoms with Crippen LogP contribution in [0.4, 0.5) is 4.79 Å². The minimum absolute atomic E-state index is 0.113. The fourth-order valence-corrected chi connectivity index (χ4v) is 6.22. The fourth-order valence-electron chi connectivity index (χ4n) is 6.22. The Morgan fingerprint density at radius 2 is 1.94 bits per heavy atom. The van der Waals surface area contributed by atoms with Crippen molar-refractivity contribution in [1.29, 1.82) is 0 Å². The molecule has 2 N–H and O–H groups in total. The zero-order chi connectivity index (χ0) is 22.6. The maximum Gasteiger partial charge on any atom is 0.408 e. The molecule has 1 unspecified atom stereocenters. The van der Waals surface area contributed by atoms with Gasteiger partial charge in [-0.1, -0.05) is 57.2 Å². The van der Waals surface area contributed by atoms with Gasteiger partial charge in [0.1, 0.15) is 0 Å². The first-order chi connectivity index (χ1) is 14.7. The van der Waals surface area contributed by atoms with Gasteiger partial charge in [0.2, 0.25) is 0 Å². The van der Waals surface area contributed by atoms with Crippen LogP contribution in [0.5, 0.6) is 0 Å². The van der Waals surface area contributed by atoms with Gasteiger partial charge in [0.25, 0.3) is 0 Å². The van der Waals surface area contributed by atoms with E-state index < -0.39 is 17.2 Å². The molecule has 1 amide bonds. The molecule has 0 bridgehead atoms. The monoisotopic (exact) mass is 429 g/mol. The average Bonchev–Trinajstić information content (AvgIpc) is 3.14. The van der Waals surface area contributed by atoms with Crippen LogP contribution in [0.15, 0.2) is 18.2 Å². The van der Waals surface area contributed by atoms with Gasteiger partial charge in [0.05, 0.1) is 12.1 Å². The molecule has 0 aliphatic heterocycles. The largest absolute Gasteiger partial charge is 0.465 e. The number of carbonyl (C=O) groups is 1. The summed E-state index contributed by atoms with van der Waals surface area (Å²) >= 11 is 0. The van der Waals surface area contributed by atoms with Crippen LogP contribution < -0.4 is 0 Å². The van der Waals surface area contributed by atoms with Crippen LogP contribution in [-0.2, 0) is 12.8 Å². The minimum Gasteiger partial charge on any atom is -0.465 e. The van der Waals surface area contributed by atoms with Crippen LogP contribution in [-0.4, -0.2) is 38.9 Å². The van der Waals surface area contributed by atoms with Gasteiger partial charge in [-0.3, -0.25) is 4.90 Å². The lowest BCUT2D eigenvalue weighted by atomic mass is 9.79. The third-order valence-electron chi connectivity index (χ3n) is 7.71. The molecule has 2 aliphatic carbocycles. The number of hydrogen-bond acceptors (Lipinski definition) is 2. The number of amides is 1. The summed E-state index contributed by atoms with van der Waals surface area (Å²) in [6.07, 6.45) is 11.8. The maximum atomic E-state index is 12.1. The zero-order valence-corrected chi connectivity index (χ0v) is 20.1. The SMILES string of the molecule is CCCCCCC1CCc2cc([C@H]3CC[C@@](CO)(N(C(=O)O)C(C)(C)C)C3)ccc2C1. The molecule has 0 aromatic heterocycles. The number of aliphatic hydroxyl groups is 1. The van der Waals surface area contributed by atoms with Gasteiger partial charge in [0.15, 0.2) is 0 Å². The number of fused-ring (bicyclic) bond motifs is 1. The summed E-state index contributed by atoms with van der Waals surface area (Å²) in [6.45, 7) is 7.92.